The van der Waals surface area contributed by atoms with Gasteiger partial charge in [-0.15, -0.1) is 5.10 Å². The lowest BCUT2D eigenvalue weighted by Crippen LogP contribution is -2.53. The van der Waals surface area contributed by atoms with Crippen molar-refractivity contribution in [2.75, 3.05) is 66.2 Å². The predicted molar refractivity (Wildman–Crippen MR) is 196 cm³/mol. The van der Waals surface area contributed by atoms with E-state index in [2.05, 4.69) is 50.8 Å². The molecule has 7 rings (SSSR count). The number of nitrogens with zero attached hydrogens (tertiary/aromatic N) is 9. The summed E-state index contributed by atoms with van der Waals surface area (Å²) in [6.45, 7) is 10.4. The van der Waals surface area contributed by atoms with Crippen molar-refractivity contribution in [3.05, 3.63) is 69.6 Å². The summed E-state index contributed by atoms with van der Waals surface area (Å²) in [5, 5.41) is 18.1. The number of halogens is 1. The smallest absolute Gasteiger partial charge is 0.329 e. The van der Waals surface area contributed by atoms with Crippen LogP contribution in [0, 0.1) is 13.8 Å². The number of piperidine rings is 1. The lowest BCUT2D eigenvalue weighted by molar-refractivity contribution is -0.120. The molecule has 0 unspecified atom stereocenters. The first kappa shape index (κ1) is 34.7. The molecule has 266 valence electrons. The van der Waals surface area contributed by atoms with Crippen molar-refractivity contribution in [2.24, 2.45) is 0 Å². The molecule has 3 fully saturated rings. The Balaban J connectivity index is 0.878. The summed E-state index contributed by atoms with van der Waals surface area (Å²) in [7, 11) is 0. The molecule has 0 spiro atoms. The molecule has 0 atom stereocenters. The molecule has 4 aromatic rings. The van der Waals surface area contributed by atoms with E-state index < -0.39 is 6.03 Å². The van der Waals surface area contributed by atoms with Crippen molar-refractivity contribution >= 4 is 69.1 Å². The van der Waals surface area contributed by atoms with Gasteiger partial charge in [0.15, 0.2) is 10.9 Å². The molecule has 3 aliphatic rings. The highest BCUT2D eigenvalue weighted by molar-refractivity contribution is 7.17. The van der Waals surface area contributed by atoms with Gasteiger partial charge >= 0.3 is 6.03 Å². The van der Waals surface area contributed by atoms with Crippen molar-refractivity contribution in [1.82, 2.24) is 40.3 Å². The molecule has 0 bridgehead atoms. The number of urea groups is 1. The summed E-state index contributed by atoms with van der Waals surface area (Å²) in [4.78, 5) is 59.4. The Bertz CT molecular complexity index is 1890. The number of carbonyl (C=O) groups is 3. The van der Waals surface area contributed by atoms with Gasteiger partial charge in [-0.3, -0.25) is 29.6 Å². The summed E-state index contributed by atoms with van der Waals surface area (Å²) >= 11 is 7.54. The number of hydrogen-bond donors (Lipinski definition) is 3. The fraction of sp³-hybridized carbons (Fsp3) is 0.412. The highest BCUT2D eigenvalue weighted by Gasteiger charge is 2.29. The van der Waals surface area contributed by atoms with Crippen LogP contribution in [0.4, 0.5) is 33.1 Å². The average molecular weight is 731 g/mol. The minimum absolute atomic E-state index is 0.252. The number of imide groups is 1. The SMILES string of the molecule is Cc1nc(Nc2ncc(C(=O)Nc3c(C)cccc3Cl)s2)cc(N2CCC(N3CCN(Cc4ccc(N5CCC(=O)NC5=O)nn4)CC3)CC2)n1. The van der Waals surface area contributed by atoms with Gasteiger partial charge in [0.2, 0.25) is 5.91 Å². The van der Waals surface area contributed by atoms with Crippen LogP contribution >= 0.6 is 22.9 Å². The molecule has 0 radical (unpaired) electrons. The maximum Gasteiger partial charge on any atom is 0.329 e. The van der Waals surface area contributed by atoms with Gasteiger partial charge in [0.25, 0.3) is 5.91 Å². The number of carbonyl (C=O) groups excluding carboxylic acids is 3. The van der Waals surface area contributed by atoms with E-state index in [4.69, 9.17) is 16.6 Å². The molecule has 15 nitrogen and oxygen atoms in total. The minimum Gasteiger partial charge on any atom is -0.356 e. The second-order valence-corrected chi connectivity index (χ2v) is 14.3. The van der Waals surface area contributed by atoms with Crippen molar-refractivity contribution < 1.29 is 14.4 Å². The van der Waals surface area contributed by atoms with E-state index in [-0.39, 0.29) is 18.2 Å². The molecule has 3 aliphatic heterocycles. The molecule has 51 heavy (non-hydrogen) atoms. The number of amides is 4. The van der Waals surface area contributed by atoms with Crippen LogP contribution in [0.5, 0.6) is 0 Å². The maximum atomic E-state index is 12.9. The van der Waals surface area contributed by atoms with Crippen LogP contribution in [-0.4, -0.2) is 105 Å². The molecule has 1 aromatic carbocycles. The first-order valence-corrected chi connectivity index (χ1v) is 18.2. The third kappa shape index (κ3) is 8.25. The van der Waals surface area contributed by atoms with E-state index in [0.29, 0.717) is 57.3 Å². The number of anilines is 5. The number of benzene rings is 1. The fourth-order valence-electron chi connectivity index (χ4n) is 6.63. The Morgan fingerprint density at radius 2 is 1.78 bits per heavy atom. The van der Waals surface area contributed by atoms with Gasteiger partial charge in [-0.05, 0) is 50.5 Å². The number of nitrogens with one attached hydrogen (secondary N) is 3. The summed E-state index contributed by atoms with van der Waals surface area (Å²) < 4.78 is 0. The molecule has 3 saturated heterocycles. The molecular formula is C34H39ClN12O3S. The molecular weight excluding hydrogens is 692 g/mol. The van der Waals surface area contributed by atoms with Gasteiger partial charge in [0.05, 0.1) is 22.6 Å². The normalized spacial score (nSPS) is 17.8. The van der Waals surface area contributed by atoms with E-state index in [1.165, 1.54) is 16.2 Å². The van der Waals surface area contributed by atoms with Gasteiger partial charge in [-0.2, -0.15) is 5.10 Å². The van der Waals surface area contributed by atoms with E-state index in [1.54, 1.807) is 18.3 Å². The van der Waals surface area contributed by atoms with E-state index in [9.17, 15) is 14.4 Å². The monoisotopic (exact) mass is 730 g/mol. The van der Waals surface area contributed by atoms with Crippen molar-refractivity contribution in [2.45, 2.75) is 45.7 Å². The van der Waals surface area contributed by atoms with Crippen LogP contribution in [-0.2, 0) is 11.3 Å². The van der Waals surface area contributed by atoms with Crippen LogP contribution in [0.1, 0.15) is 46.0 Å². The summed E-state index contributed by atoms with van der Waals surface area (Å²) in [5.74, 6) is 2.07. The molecule has 3 aromatic heterocycles. The molecule has 3 N–H and O–H groups in total. The minimum atomic E-state index is -0.459. The Morgan fingerprint density at radius 3 is 2.51 bits per heavy atom. The second kappa shape index (κ2) is 15.2. The first-order valence-electron chi connectivity index (χ1n) is 17.0. The zero-order valence-corrected chi connectivity index (χ0v) is 30.0. The average Bonchev–Trinajstić information content (AvgIpc) is 3.59. The number of para-hydroxylation sites is 1. The van der Waals surface area contributed by atoms with Crippen LogP contribution in [0.25, 0.3) is 0 Å². The molecule has 0 saturated carbocycles. The van der Waals surface area contributed by atoms with E-state index in [0.717, 1.165) is 69.2 Å². The standard InChI is InChI=1S/C34H39ClN12O3S/c1-21-4-3-5-25(35)31(21)41-32(49)26-19-36-33(51-26)39-27-18-29(38-22(2)37-27)46-11-8-24(9-12-46)45-16-14-44(15-17-45)20-23-6-7-28(43-42-23)47-13-10-30(48)40-34(47)50/h3-7,18-19,24H,8-17,20H2,1-2H3,(H,41,49)(H,40,48,50)(H,36,37,38,39). The number of aryl methyl sites for hydroxylation is 2. The van der Waals surface area contributed by atoms with Gasteiger partial charge in [0, 0.05) is 70.9 Å². The Hall–Kier alpha value is -4.77. The predicted octanol–water partition coefficient (Wildman–Crippen LogP) is 4.22. The number of hydrogen-bond acceptors (Lipinski definition) is 13. The Labute approximate surface area is 304 Å². The number of thiazole rings is 1. The molecule has 17 heteroatoms. The van der Waals surface area contributed by atoms with Gasteiger partial charge in [-0.1, -0.05) is 35.1 Å². The summed E-state index contributed by atoms with van der Waals surface area (Å²) in [5.41, 5.74) is 2.33. The molecule has 6 heterocycles. The highest BCUT2D eigenvalue weighted by atomic mass is 35.5. The third-order valence-electron chi connectivity index (χ3n) is 9.38. The lowest BCUT2D eigenvalue weighted by atomic mass is 10.0. The van der Waals surface area contributed by atoms with E-state index in [1.807, 2.05) is 38.1 Å². The van der Waals surface area contributed by atoms with Crippen LogP contribution < -0.4 is 25.8 Å². The Morgan fingerprint density at radius 1 is 0.980 bits per heavy atom. The van der Waals surface area contributed by atoms with Gasteiger partial charge in [-0.25, -0.2) is 19.7 Å². The van der Waals surface area contributed by atoms with Crippen LogP contribution in [0.3, 0.4) is 0 Å². The summed E-state index contributed by atoms with van der Waals surface area (Å²) in [6.07, 6.45) is 3.89. The molecule has 0 aliphatic carbocycles. The largest absolute Gasteiger partial charge is 0.356 e. The third-order valence-corrected chi connectivity index (χ3v) is 10.6. The number of aromatic nitrogens is 5. The van der Waals surface area contributed by atoms with Crippen molar-refractivity contribution in [1.29, 1.82) is 0 Å². The Kier molecular flexibility index (Phi) is 10.4. The number of piperazine rings is 1. The maximum absolute atomic E-state index is 12.9. The summed E-state index contributed by atoms with van der Waals surface area (Å²) in [6, 6.07) is 11.2. The zero-order valence-electron chi connectivity index (χ0n) is 28.4. The number of rotatable bonds is 9. The lowest BCUT2D eigenvalue weighted by Gasteiger charge is -2.43. The zero-order chi connectivity index (χ0) is 35.5. The van der Waals surface area contributed by atoms with Gasteiger partial charge in [0.1, 0.15) is 22.3 Å². The van der Waals surface area contributed by atoms with Crippen LogP contribution in [0.15, 0.2) is 42.6 Å². The van der Waals surface area contributed by atoms with Crippen LogP contribution in [0.2, 0.25) is 5.02 Å². The molecule has 4 amide bonds. The van der Waals surface area contributed by atoms with Crippen molar-refractivity contribution in [3.8, 4) is 0 Å². The topological polar surface area (TPSA) is 165 Å². The highest BCUT2D eigenvalue weighted by Crippen LogP contribution is 2.29. The fourth-order valence-corrected chi connectivity index (χ4v) is 7.62. The first-order chi connectivity index (χ1) is 24.7. The quantitative estimate of drug-likeness (QED) is 0.225. The second-order valence-electron chi connectivity index (χ2n) is 12.9. The van der Waals surface area contributed by atoms with Gasteiger partial charge < -0.3 is 15.5 Å². The van der Waals surface area contributed by atoms with E-state index >= 15 is 0 Å². The van der Waals surface area contributed by atoms with Crippen molar-refractivity contribution in [3.63, 3.8) is 0 Å².